The van der Waals surface area contributed by atoms with Crippen molar-refractivity contribution in [2.75, 3.05) is 13.2 Å². The highest BCUT2D eigenvalue weighted by atomic mass is 32.1. The van der Waals surface area contributed by atoms with Crippen molar-refractivity contribution in [1.82, 2.24) is 8.75 Å². The third-order valence-electron chi connectivity index (χ3n) is 11.5. The van der Waals surface area contributed by atoms with E-state index in [-0.39, 0.29) is 0 Å². The minimum Gasteiger partial charge on any atom is -0.493 e. The summed E-state index contributed by atoms with van der Waals surface area (Å²) in [6, 6.07) is 24.6. The SMILES string of the molecule is C#Cc1ccc(C#Cc2cc3cc(CCCC)ccc3c(-c3c(OCCCCCCCC)ccc4cc(CCCC)ccc34)c2OCCCCCCCC)c2nsnc12. The van der Waals surface area contributed by atoms with E-state index in [2.05, 4.69) is 109 Å². The maximum atomic E-state index is 7.08. The van der Waals surface area contributed by atoms with E-state index >= 15 is 0 Å². The molecule has 0 fully saturated rings. The molecular formula is C54H64N2O2S. The van der Waals surface area contributed by atoms with Gasteiger partial charge < -0.3 is 9.47 Å². The van der Waals surface area contributed by atoms with Crippen LogP contribution in [0, 0.1) is 24.2 Å². The number of aromatic nitrogens is 2. The molecule has 6 rings (SSSR count). The van der Waals surface area contributed by atoms with Gasteiger partial charge in [0.1, 0.15) is 22.5 Å². The number of unbranched alkanes of at least 4 members (excludes halogenated alkanes) is 12. The zero-order chi connectivity index (χ0) is 41.2. The number of nitrogens with zero attached hydrogens (tertiary/aromatic N) is 2. The lowest BCUT2D eigenvalue weighted by molar-refractivity contribution is 0.301. The van der Waals surface area contributed by atoms with E-state index in [1.54, 1.807) is 0 Å². The molecule has 0 aliphatic carbocycles. The molecule has 0 aliphatic rings. The Morgan fingerprint density at radius 3 is 1.69 bits per heavy atom. The third-order valence-corrected chi connectivity index (χ3v) is 12.0. The molecule has 0 saturated carbocycles. The van der Waals surface area contributed by atoms with Crippen LogP contribution in [0.5, 0.6) is 11.5 Å². The van der Waals surface area contributed by atoms with Crippen molar-refractivity contribution in [2.24, 2.45) is 0 Å². The third kappa shape index (κ3) is 11.5. The lowest BCUT2D eigenvalue weighted by Gasteiger charge is -2.22. The van der Waals surface area contributed by atoms with Gasteiger partial charge in [-0.05, 0) is 95.5 Å². The summed E-state index contributed by atoms with van der Waals surface area (Å²) in [5.74, 6) is 11.6. The molecule has 6 aromatic rings. The lowest BCUT2D eigenvalue weighted by Crippen LogP contribution is -2.04. The van der Waals surface area contributed by atoms with Gasteiger partial charge in [-0.1, -0.05) is 165 Å². The minimum absolute atomic E-state index is 0.616. The summed E-state index contributed by atoms with van der Waals surface area (Å²) in [6.07, 6.45) is 27.0. The van der Waals surface area contributed by atoms with Crippen molar-refractivity contribution < 1.29 is 9.47 Å². The van der Waals surface area contributed by atoms with E-state index in [1.807, 2.05) is 12.1 Å². The van der Waals surface area contributed by atoms with Crippen LogP contribution >= 0.6 is 11.7 Å². The first-order chi connectivity index (χ1) is 29.1. The predicted octanol–water partition coefficient (Wildman–Crippen LogP) is 15.2. The van der Waals surface area contributed by atoms with Gasteiger partial charge in [0.25, 0.3) is 0 Å². The second-order valence-electron chi connectivity index (χ2n) is 16.1. The van der Waals surface area contributed by atoms with Crippen molar-refractivity contribution in [3.8, 4) is 46.8 Å². The molecule has 308 valence electrons. The highest BCUT2D eigenvalue weighted by Gasteiger charge is 2.23. The zero-order valence-electron chi connectivity index (χ0n) is 36.2. The second kappa shape index (κ2) is 23.1. The molecule has 1 aromatic heterocycles. The predicted molar refractivity (Wildman–Crippen MR) is 253 cm³/mol. The average Bonchev–Trinajstić information content (AvgIpc) is 3.76. The van der Waals surface area contributed by atoms with Crippen LogP contribution in [-0.2, 0) is 12.8 Å². The molecule has 59 heavy (non-hydrogen) atoms. The summed E-state index contributed by atoms with van der Waals surface area (Å²) in [5.41, 5.74) is 8.73. The second-order valence-corrected chi connectivity index (χ2v) is 16.7. The number of terminal acetylenes is 1. The summed E-state index contributed by atoms with van der Waals surface area (Å²) < 4.78 is 23.1. The molecule has 0 aliphatic heterocycles. The first kappa shape index (κ1) is 43.7. The van der Waals surface area contributed by atoms with Gasteiger partial charge in [0.15, 0.2) is 0 Å². The van der Waals surface area contributed by atoms with Gasteiger partial charge in [-0.2, -0.15) is 8.75 Å². The van der Waals surface area contributed by atoms with E-state index in [9.17, 15) is 0 Å². The van der Waals surface area contributed by atoms with Gasteiger partial charge >= 0.3 is 0 Å². The molecule has 4 nitrogen and oxygen atoms in total. The molecule has 0 spiro atoms. The van der Waals surface area contributed by atoms with Crippen LogP contribution in [0.15, 0.2) is 66.7 Å². The van der Waals surface area contributed by atoms with Crippen molar-refractivity contribution in [2.45, 2.75) is 143 Å². The van der Waals surface area contributed by atoms with E-state index < -0.39 is 0 Å². The number of hydrogen-bond acceptors (Lipinski definition) is 5. The van der Waals surface area contributed by atoms with Crippen molar-refractivity contribution in [3.05, 3.63) is 94.5 Å². The molecular weight excluding hydrogens is 741 g/mol. The summed E-state index contributed by atoms with van der Waals surface area (Å²) in [7, 11) is 0. The molecule has 0 bridgehead atoms. The van der Waals surface area contributed by atoms with Crippen LogP contribution in [-0.4, -0.2) is 22.0 Å². The quantitative estimate of drug-likeness (QED) is 0.0478. The topological polar surface area (TPSA) is 44.2 Å². The standard InChI is InChI=1S/C54H64N2O2S/c1-6-11-15-17-19-21-35-57-49-34-31-44-37-40(23-13-8-3)25-32-47(44)50(49)51-48-33-26-41(24-14-9-4)38-46(48)39-45(54(51)58-36-22-20-18-16-12-7-2)30-29-43-28-27-42(10-5)52-53(43)56-59-55-52/h5,25-28,31-34,37-39H,6-9,11-24,35-36H2,1-4H3. The smallest absolute Gasteiger partial charge is 0.143 e. The first-order valence-electron chi connectivity index (χ1n) is 22.7. The largest absolute Gasteiger partial charge is 0.493 e. The van der Waals surface area contributed by atoms with Gasteiger partial charge in [-0.25, -0.2) is 0 Å². The van der Waals surface area contributed by atoms with Crippen LogP contribution in [0.2, 0.25) is 0 Å². The van der Waals surface area contributed by atoms with Crippen LogP contribution in [0.3, 0.4) is 0 Å². The van der Waals surface area contributed by atoms with E-state index in [1.165, 1.54) is 104 Å². The highest BCUT2D eigenvalue weighted by Crippen LogP contribution is 2.48. The van der Waals surface area contributed by atoms with Gasteiger partial charge in [0.2, 0.25) is 0 Å². The minimum atomic E-state index is 0.616. The maximum absolute atomic E-state index is 7.08. The van der Waals surface area contributed by atoms with Crippen LogP contribution in [0.4, 0.5) is 0 Å². The summed E-state index contributed by atoms with van der Waals surface area (Å²) in [6.45, 7) is 10.3. The fourth-order valence-corrected chi connectivity index (χ4v) is 8.65. The molecule has 0 N–H and O–H groups in total. The maximum Gasteiger partial charge on any atom is 0.143 e. The summed E-state index contributed by atoms with van der Waals surface area (Å²) in [5, 5.41) is 4.71. The number of ether oxygens (including phenoxy) is 2. The Labute approximate surface area is 358 Å². The molecule has 5 aromatic carbocycles. The molecule has 0 unspecified atom stereocenters. The van der Waals surface area contributed by atoms with Gasteiger partial charge in [0.05, 0.1) is 41.6 Å². The van der Waals surface area contributed by atoms with Crippen molar-refractivity contribution in [3.63, 3.8) is 0 Å². The molecule has 5 heteroatoms. The molecule has 0 saturated heterocycles. The average molecular weight is 805 g/mol. The van der Waals surface area contributed by atoms with Crippen molar-refractivity contribution >= 4 is 44.3 Å². The number of fused-ring (bicyclic) bond motifs is 3. The lowest BCUT2D eigenvalue weighted by atomic mass is 9.88. The Kier molecular flexibility index (Phi) is 17.1. The Morgan fingerprint density at radius 2 is 1.05 bits per heavy atom. The van der Waals surface area contributed by atoms with Gasteiger partial charge in [-0.3, -0.25) is 0 Å². The fraction of sp³-hybridized carbons (Fsp3) is 0.444. The van der Waals surface area contributed by atoms with E-state index in [4.69, 9.17) is 15.9 Å². The molecule has 1 heterocycles. The zero-order valence-corrected chi connectivity index (χ0v) is 37.0. The monoisotopic (exact) mass is 804 g/mol. The summed E-state index contributed by atoms with van der Waals surface area (Å²) >= 11 is 1.17. The van der Waals surface area contributed by atoms with Crippen LogP contribution in [0.25, 0.3) is 43.7 Å². The normalized spacial score (nSPS) is 11.2. The highest BCUT2D eigenvalue weighted by molar-refractivity contribution is 7.00. The molecule has 0 radical (unpaired) electrons. The number of rotatable bonds is 23. The van der Waals surface area contributed by atoms with Gasteiger partial charge in [-0.15, -0.1) is 6.42 Å². The van der Waals surface area contributed by atoms with Gasteiger partial charge in [0, 0.05) is 11.1 Å². The van der Waals surface area contributed by atoms with E-state index in [0.29, 0.717) is 13.2 Å². The number of benzene rings is 5. The Hall–Kier alpha value is -4.84. The Morgan fingerprint density at radius 1 is 0.508 bits per heavy atom. The number of aryl methyl sites for hydroxylation is 2. The van der Waals surface area contributed by atoms with Crippen LogP contribution < -0.4 is 9.47 Å². The Balaban J connectivity index is 1.56. The molecule has 0 amide bonds. The first-order valence-corrected chi connectivity index (χ1v) is 23.5. The summed E-state index contributed by atoms with van der Waals surface area (Å²) in [4.78, 5) is 0. The van der Waals surface area contributed by atoms with Crippen LogP contribution in [0.1, 0.15) is 158 Å². The Bertz CT molecular complexity index is 2390. The molecule has 0 atom stereocenters. The number of hydrogen-bond donors (Lipinski definition) is 0. The fourth-order valence-electron chi connectivity index (χ4n) is 8.08. The van der Waals surface area contributed by atoms with E-state index in [0.717, 1.165) is 106 Å². The van der Waals surface area contributed by atoms with Crippen molar-refractivity contribution in [1.29, 1.82) is 0 Å².